The number of hydrogen-bond acceptors (Lipinski definition) is 2. The van der Waals surface area contributed by atoms with E-state index in [2.05, 4.69) is 37.9 Å². The lowest BCUT2D eigenvalue weighted by Crippen LogP contribution is -2.46. The van der Waals surface area contributed by atoms with E-state index in [0.29, 0.717) is 0 Å². The molecule has 0 saturated heterocycles. The molecule has 114 valence electrons. The smallest absolute Gasteiger partial charge is 0.0223 e. The SMILES string of the molecule is CCNC(CN(CC)CC(CC)CC)C1CCCC1. The van der Waals surface area contributed by atoms with Gasteiger partial charge in [0, 0.05) is 19.1 Å². The van der Waals surface area contributed by atoms with Crippen molar-refractivity contribution < 1.29 is 0 Å². The van der Waals surface area contributed by atoms with Gasteiger partial charge in [0.2, 0.25) is 0 Å². The number of hydrogen-bond donors (Lipinski definition) is 1. The first-order chi connectivity index (χ1) is 9.24. The summed E-state index contributed by atoms with van der Waals surface area (Å²) in [5.74, 6) is 1.81. The molecule has 1 N–H and O–H groups in total. The van der Waals surface area contributed by atoms with Crippen molar-refractivity contribution in [2.75, 3.05) is 26.2 Å². The van der Waals surface area contributed by atoms with Gasteiger partial charge in [-0.1, -0.05) is 53.4 Å². The number of nitrogens with zero attached hydrogens (tertiary/aromatic N) is 1. The van der Waals surface area contributed by atoms with Crippen molar-refractivity contribution in [3.63, 3.8) is 0 Å². The van der Waals surface area contributed by atoms with E-state index in [0.717, 1.165) is 24.4 Å². The second-order valence-electron chi connectivity index (χ2n) is 6.24. The molecule has 19 heavy (non-hydrogen) atoms. The van der Waals surface area contributed by atoms with E-state index < -0.39 is 0 Å². The summed E-state index contributed by atoms with van der Waals surface area (Å²) in [6.07, 6.45) is 8.43. The predicted molar refractivity (Wildman–Crippen MR) is 85.6 cm³/mol. The van der Waals surface area contributed by atoms with Crippen LogP contribution in [0.1, 0.15) is 66.2 Å². The van der Waals surface area contributed by atoms with Gasteiger partial charge in [-0.05, 0) is 37.8 Å². The molecule has 2 heteroatoms. The zero-order valence-corrected chi connectivity index (χ0v) is 13.8. The van der Waals surface area contributed by atoms with E-state index in [1.165, 1.54) is 58.2 Å². The molecule has 0 aromatic carbocycles. The lowest BCUT2D eigenvalue weighted by atomic mass is 9.96. The largest absolute Gasteiger partial charge is 0.313 e. The molecule has 1 fully saturated rings. The molecule has 1 unspecified atom stereocenters. The van der Waals surface area contributed by atoms with E-state index in [1.54, 1.807) is 0 Å². The Morgan fingerprint density at radius 3 is 2.11 bits per heavy atom. The molecular weight excluding hydrogens is 232 g/mol. The van der Waals surface area contributed by atoms with Crippen molar-refractivity contribution in [3.05, 3.63) is 0 Å². The minimum absolute atomic E-state index is 0.724. The molecule has 0 amide bonds. The standard InChI is InChI=1S/C17H36N2/c1-5-15(6-2)13-19(8-4)14-17(18-7-3)16-11-9-10-12-16/h15-18H,5-14H2,1-4H3. The molecule has 1 rings (SSSR count). The Morgan fingerprint density at radius 1 is 1.00 bits per heavy atom. The third-order valence-corrected chi connectivity index (χ3v) is 5.01. The van der Waals surface area contributed by atoms with Crippen molar-refractivity contribution in [2.24, 2.45) is 11.8 Å². The highest BCUT2D eigenvalue weighted by Gasteiger charge is 2.26. The normalized spacial score (nSPS) is 18.6. The van der Waals surface area contributed by atoms with Crippen LogP contribution in [0.2, 0.25) is 0 Å². The van der Waals surface area contributed by atoms with Crippen LogP contribution in [0.25, 0.3) is 0 Å². The maximum absolute atomic E-state index is 3.76. The van der Waals surface area contributed by atoms with Crippen LogP contribution in [-0.2, 0) is 0 Å². The zero-order chi connectivity index (χ0) is 14.1. The van der Waals surface area contributed by atoms with Crippen LogP contribution < -0.4 is 5.32 Å². The van der Waals surface area contributed by atoms with Gasteiger partial charge >= 0.3 is 0 Å². The Labute approximate surface area is 121 Å². The minimum atomic E-state index is 0.724. The van der Waals surface area contributed by atoms with Crippen LogP contribution in [-0.4, -0.2) is 37.1 Å². The molecule has 0 aromatic rings. The van der Waals surface area contributed by atoms with Gasteiger partial charge in [-0.2, -0.15) is 0 Å². The Hall–Kier alpha value is -0.0800. The molecule has 1 saturated carbocycles. The van der Waals surface area contributed by atoms with Crippen LogP contribution in [0.4, 0.5) is 0 Å². The Kier molecular flexibility index (Phi) is 8.72. The maximum Gasteiger partial charge on any atom is 0.0223 e. The van der Waals surface area contributed by atoms with E-state index in [4.69, 9.17) is 0 Å². The highest BCUT2D eigenvalue weighted by Crippen LogP contribution is 2.28. The van der Waals surface area contributed by atoms with Crippen LogP contribution in [0.5, 0.6) is 0 Å². The fraction of sp³-hybridized carbons (Fsp3) is 1.00. The van der Waals surface area contributed by atoms with Gasteiger partial charge in [-0.15, -0.1) is 0 Å². The van der Waals surface area contributed by atoms with Gasteiger partial charge < -0.3 is 10.2 Å². The van der Waals surface area contributed by atoms with Gasteiger partial charge in [0.05, 0.1) is 0 Å². The van der Waals surface area contributed by atoms with Crippen LogP contribution in [0.15, 0.2) is 0 Å². The molecule has 2 nitrogen and oxygen atoms in total. The fourth-order valence-corrected chi connectivity index (χ4v) is 3.53. The first kappa shape index (κ1) is 17.0. The topological polar surface area (TPSA) is 15.3 Å². The monoisotopic (exact) mass is 268 g/mol. The number of likely N-dealkylation sites (N-methyl/N-ethyl adjacent to an activating group) is 2. The van der Waals surface area contributed by atoms with Crippen molar-refractivity contribution in [1.29, 1.82) is 0 Å². The number of rotatable bonds is 10. The molecule has 1 aliphatic rings. The Morgan fingerprint density at radius 2 is 1.63 bits per heavy atom. The predicted octanol–water partition coefficient (Wildman–Crippen LogP) is 3.91. The molecule has 0 bridgehead atoms. The lowest BCUT2D eigenvalue weighted by molar-refractivity contribution is 0.187. The van der Waals surface area contributed by atoms with E-state index >= 15 is 0 Å². The van der Waals surface area contributed by atoms with Crippen molar-refractivity contribution in [3.8, 4) is 0 Å². The summed E-state index contributed by atoms with van der Waals surface area (Å²) in [4.78, 5) is 2.68. The van der Waals surface area contributed by atoms with Gasteiger partial charge in [-0.25, -0.2) is 0 Å². The molecule has 1 atom stereocenters. The first-order valence-corrected chi connectivity index (χ1v) is 8.70. The molecular formula is C17H36N2. The quantitative estimate of drug-likeness (QED) is 0.646. The van der Waals surface area contributed by atoms with Gasteiger partial charge in [0.15, 0.2) is 0 Å². The zero-order valence-electron chi connectivity index (χ0n) is 13.8. The number of nitrogens with one attached hydrogen (secondary N) is 1. The molecule has 0 spiro atoms. The summed E-state index contributed by atoms with van der Waals surface area (Å²) >= 11 is 0. The fourth-order valence-electron chi connectivity index (χ4n) is 3.53. The highest BCUT2D eigenvalue weighted by molar-refractivity contribution is 4.83. The second-order valence-corrected chi connectivity index (χ2v) is 6.24. The van der Waals surface area contributed by atoms with Gasteiger partial charge in [0.25, 0.3) is 0 Å². The lowest BCUT2D eigenvalue weighted by Gasteiger charge is -2.32. The van der Waals surface area contributed by atoms with Crippen molar-refractivity contribution >= 4 is 0 Å². The summed E-state index contributed by atoms with van der Waals surface area (Å²) in [5, 5.41) is 3.76. The van der Waals surface area contributed by atoms with E-state index in [1.807, 2.05) is 0 Å². The van der Waals surface area contributed by atoms with Crippen molar-refractivity contribution in [1.82, 2.24) is 10.2 Å². The summed E-state index contributed by atoms with van der Waals surface area (Å²) in [5.41, 5.74) is 0. The summed E-state index contributed by atoms with van der Waals surface area (Å²) < 4.78 is 0. The summed E-state index contributed by atoms with van der Waals surface area (Å²) in [6, 6.07) is 0.724. The highest BCUT2D eigenvalue weighted by atomic mass is 15.1. The Balaban J connectivity index is 2.48. The summed E-state index contributed by atoms with van der Waals surface area (Å²) in [7, 11) is 0. The van der Waals surface area contributed by atoms with Crippen molar-refractivity contribution in [2.45, 2.75) is 72.3 Å². The van der Waals surface area contributed by atoms with Crippen LogP contribution in [0, 0.1) is 11.8 Å². The second kappa shape index (κ2) is 9.77. The Bertz CT molecular complexity index is 207. The molecule has 0 aliphatic heterocycles. The first-order valence-electron chi connectivity index (χ1n) is 8.70. The third-order valence-electron chi connectivity index (χ3n) is 5.01. The minimum Gasteiger partial charge on any atom is -0.313 e. The third kappa shape index (κ3) is 5.83. The molecule has 0 aromatic heterocycles. The van der Waals surface area contributed by atoms with Crippen LogP contribution >= 0.6 is 0 Å². The van der Waals surface area contributed by atoms with Crippen LogP contribution in [0.3, 0.4) is 0 Å². The molecule has 0 radical (unpaired) electrons. The average molecular weight is 268 g/mol. The van der Waals surface area contributed by atoms with Gasteiger partial charge in [-0.3, -0.25) is 0 Å². The summed E-state index contributed by atoms with van der Waals surface area (Å²) in [6.45, 7) is 14.1. The molecule has 1 aliphatic carbocycles. The average Bonchev–Trinajstić information content (AvgIpc) is 2.96. The molecule has 0 heterocycles. The maximum atomic E-state index is 3.76. The van der Waals surface area contributed by atoms with E-state index in [-0.39, 0.29) is 0 Å². The van der Waals surface area contributed by atoms with E-state index in [9.17, 15) is 0 Å². The van der Waals surface area contributed by atoms with Gasteiger partial charge in [0.1, 0.15) is 0 Å².